The Morgan fingerprint density at radius 3 is 2.38 bits per heavy atom. The van der Waals surface area contributed by atoms with Crippen molar-refractivity contribution in [1.29, 1.82) is 0 Å². The number of carbonyl (C=O) groups excluding carboxylic acids is 1. The van der Waals surface area contributed by atoms with Crippen molar-refractivity contribution in [2.24, 2.45) is 0 Å². The van der Waals surface area contributed by atoms with Crippen molar-refractivity contribution < 1.29 is 17.9 Å². The van der Waals surface area contributed by atoms with Gasteiger partial charge in [-0.2, -0.15) is 0 Å². The van der Waals surface area contributed by atoms with Crippen LogP contribution < -0.4 is 4.90 Å². The Kier molecular flexibility index (Phi) is 5.15. The number of carbonyl (C=O) groups is 1. The lowest BCUT2D eigenvalue weighted by atomic mass is 10.1. The van der Waals surface area contributed by atoms with Crippen molar-refractivity contribution in [1.82, 2.24) is 0 Å². The van der Waals surface area contributed by atoms with Gasteiger partial charge >= 0.3 is 6.09 Å². The number of hydrogen-bond donors (Lipinski definition) is 0. The van der Waals surface area contributed by atoms with E-state index in [4.69, 9.17) is 15.4 Å². The predicted octanol–water partition coefficient (Wildman–Crippen LogP) is 4.54. The van der Waals surface area contributed by atoms with E-state index in [-0.39, 0.29) is 11.5 Å². The van der Waals surface area contributed by atoms with Crippen molar-refractivity contribution in [2.75, 3.05) is 11.9 Å². The Balaban J connectivity index is 1.81. The molecular weight excluding hydrogens is 374 g/mol. The average Bonchev–Trinajstić information content (AvgIpc) is 2.64. The van der Waals surface area contributed by atoms with Gasteiger partial charge in [0.2, 0.25) is 0 Å². The number of nitrogens with zero attached hydrogens (tertiary/aromatic N) is 1. The van der Waals surface area contributed by atoms with Crippen LogP contribution in [0.15, 0.2) is 71.6 Å². The zero-order valence-corrected chi connectivity index (χ0v) is 15.5. The first-order chi connectivity index (χ1) is 12.3. The van der Waals surface area contributed by atoms with Crippen molar-refractivity contribution in [3.63, 3.8) is 0 Å². The van der Waals surface area contributed by atoms with Gasteiger partial charge in [-0.15, -0.1) is 0 Å². The van der Waals surface area contributed by atoms with Gasteiger partial charge in [0.15, 0.2) is 0 Å². The molecule has 3 rings (SSSR count). The summed E-state index contributed by atoms with van der Waals surface area (Å²) >= 11 is 0. The van der Waals surface area contributed by atoms with E-state index in [0.717, 1.165) is 10.9 Å². The highest BCUT2D eigenvalue weighted by atomic mass is 35.7. The van der Waals surface area contributed by atoms with Crippen molar-refractivity contribution in [3.05, 3.63) is 72.3 Å². The number of rotatable bonds is 4. The number of hydrogen-bond acceptors (Lipinski definition) is 4. The lowest BCUT2D eigenvalue weighted by molar-refractivity contribution is 0.148. The molecule has 0 fully saturated rings. The molecule has 0 N–H and O–H groups in total. The maximum Gasteiger partial charge on any atom is 0.414 e. The molecule has 0 heterocycles. The van der Waals surface area contributed by atoms with Crippen LogP contribution in [0.2, 0.25) is 0 Å². The van der Waals surface area contributed by atoms with Crippen LogP contribution in [0.25, 0.3) is 10.8 Å². The van der Waals surface area contributed by atoms with Crippen molar-refractivity contribution >= 4 is 42.3 Å². The summed E-state index contributed by atoms with van der Waals surface area (Å²) in [6.07, 6.45) is -0.505. The third-order valence-corrected chi connectivity index (χ3v) is 5.29. The van der Waals surface area contributed by atoms with Gasteiger partial charge in [-0.3, -0.25) is 4.90 Å². The van der Waals surface area contributed by atoms with Crippen LogP contribution in [0.5, 0.6) is 0 Å². The molecule has 0 atom stereocenters. The van der Waals surface area contributed by atoms with E-state index in [1.54, 1.807) is 31.3 Å². The third-order valence-electron chi connectivity index (χ3n) is 3.94. The van der Waals surface area contributed by atoms with Crippen LogP contribution >= 0.6 is 10.7 Å². The number of halogens is 1. The van der Waals surface area contributed by atoms with E-state index in [2.05, 4.69) is 0 Å². The second kappa shape index (κ2) is 7.35. The van der Waals surface area contributed by atoms with Crippen molar-refractivity contribution in [2.45, 2.75) is 11.5 Å². The molecule has 0 saturated heterocycles. The normalized spacial score (nSPS) is 11.3. The van der Waals surface area contributed by atoms with Crippen LogP contribution in [0.3, 0.4) is 0 Å². The highest BCUT2D eigenvalue weighted by Crippen LogP contribution is 2.26. The van der Waals surface area contributed by atoms with Gasteiger partial charge < -0.3 is 4.74 Å². The van der Waals surface area contributed by atoms with E-state index < -0.39 is 15.1 Å². The average molecular weight is 390 g/mol. The first kappa shape index (κ1) is 18.2. The monoisotopic (exact) mass is 389 g/mol. The largest absolute Gasteiger partial charge is 0.444 e. The summed E-state index contributed by atoms with van der Waals surface area (Å²) in [5.74, 6) is 0. The van der Waals surface area contributed by atoms with E-state index in [9.17, 15) is 13.2 Å². The zero-order chi connectivity index (χ0) is 18.7. The van der Waals surface area contributed by atoms with E-state index >= 15 is 0 Å². The highest BCUT2D eigenvalue weighted by Gasteiger charge is 2.14. The fourth-order valence-corrected chi connectivity index (χ4v) is 3.28. The highest BCUT2D eigenvalue weighted by molar-refractivity contribution is 8.13. The molecule has 0 aromatic heterocycles. The molecule has 0 unspecified atom stereocenters. The summed E-state index contributed by atoms with van der Waals surface area (Å²) in [5, 5.41) is 1.50. The molecule has 0 aliphatic heterocycles. The second-order valence-electron chi connectivity index (χ2n) is 5.73. The predicted molar refractivity (Wildman–Crippen MR) is 102 cm³/mol. The fourth-order valence-electron chi connectivity index (χ4n) is 2.49. The quantitative estimate of drug-likeness (QED) is 0.614. The topological polar surface area (TPSA) is 63.7 Å². The van der Waals surface area contributed by atoms with Gasteiger partial charge in [-0.25, -0.2) is 13.2 Å². The number of anilines is 1. The standard InChI is InChI=1S/C19H16ClNO4S/c1-21(19(22)25-13-14-5-3-2-4-6-14)17-9-7-15-8-10-18(26(20,23)24)12-16(15)11-17/h2-12H,13H2,1H3. The Hall–Kier alpha value is -2.57. The zero-order valence-electron chi connectivity index (χ0n) is 13.9. The molecule has 26 heavy (non-hydrogen) atoms. The summed E-state index contributed by atoms with van der Waals surface area (Å²) in [4.78, 5) is 13.6. The van der Waals surface area contributed by atoms with Crippen LogP contribution in [0.1, 0.15) is 5.56 Å². The van der Waals surface area contributed by atoms with Crippen molar-refractivity contribution in [3.8, 4) is 0 Å². The van der Waals surface area contributed by atoms with Crippen LogP contribution in [-0.2, 0) is 20.4 Å². The number of ether oxygens (including phenoxy) is 1. The fraction of sp³-hybridized carbons (Fsp3) is 0.105. The molecular formula is C19H16ClNO4S. The molecule has 134 valence electrons. The van der Waals surface area contributed by atoms with E-state index in [1.807, 2.05) is 30.3 Å². The number of amides is 1. The summed E-state index contributed by atoms with van der Waals surface area (Å²) in [6.45, 7) is 0.173. The summed E-state index contributed by atoms with van der Waals surface area (Å²) in [6, 6.07) is 19.3. The number of fused-ring (bicyclic) bond motifs is 1. The summed E-state index contributed by atoms with van der Waals surface area (Å²) in [5.41, 5.74) is 1.48. The van der Waals surface area contributed by atoms with E-state index in [1.165, 1.54) is 17.0 Å². The van der Waals surface area contributed by atoms with Crippen LogP contribution in [0.4, 0.5) is 10.5 Å². The molecule has 0 radical (unpaired) electrons. The SMILES string of the molecule is CN(C(=O)OCc1ccccc1)c1ccc2ccc(S(=O)(=O)Cl)cc2c1. The van der Waals surface area contributed by atoms with Gasteiger partial charge in [-0.1, -0.05) is 42.5 Å². The lowest BCUT2D eigenvalue weighted by Crippen LogP contribution is -2.26. The molecule has 3 aromatic rings. The van der Waals surface area contributed by atoms with Gasteiger partial charge in [0.25, 0.3) is 9.05 Å². The van der Waals surface area contributed by atoms with E-state index in [0.29, 0.717) is 11.1 Å². The molecule has 1 amide bonds. The maximum absolute atomic E-state index is 12.3. The first-order valence-corrected chi connectivity index (χ1v) is 10.1. The molecule has 0 saturated carbocycles. The molecule has 0 aliphatic rings. The Bertz CT molecular complexity index is 1050. The first-order valence-electron chi connectivity index (χ1n) is 7.77. The van der Waals surface area contributed by atoms with Crippen LogP contribution in [0, 0.1) is 0 Å². The summed E-state index contributed by atoms with van der Waals surface area (Å²) in [7, 11) is 3.18. The molecule has 0 aliphatic carbocycles. The minimum atomic E-state index is -3.82. The van der Waals surface area contributed by atoms with Gasteiger partial charge in [0.05, 0.1) is 4.90 Å². The molecule has 5 nitrogen and oxygen atoms in total. The van der Waals surface area contributed by atoms with Gasteiger partial charge in [-0.05, 0) is 40.6 Å². The molecule has 0 bridgehead atoms. The third kappa shape index (κ3) is 4.15. The lowest BCUT2D eigenvalue weighted by Gasteiger charge is -2.18. The molecule has 7 heteroatoms. The Morgan fingerprint density at radius 1 is 1.00 bits per heavy atom. The smallest absolute Gasteiger partial charge is 0.414 e. The summed E-state index contributed by atoms with van der Waals surface area (Å²) < 4.78 is 28.3. The van der Waals surface area contributed by atoms with Crippen LogP contribution in [-0.4, -0.2) is 21.6 Å². The van der Waals surface area contributed by atoms with Gasteiger partial charge in [0.1, 0.15) is 6.61 Å². The number of benzene rings is 3. The second-order valence-corrected chi connectivity index (χ2v) is 8.30. The molecule has 0 spiro atoms. The Morgan fingerprint density at radius 2 is 1.69 bits per heavy atom. The minimum Gasteiger partial charge on any atom is -0.444 e. The molecule has 3 aromatic carbocycles. The Labute approximate surface area is 156 Å². The maximum atomic E-state index is 12.3. The van der Waals surface area contributed by atoms with Gasteiger partial charge in [0, 0.05) is 23.4 Å². The minimum absolute atomic E-state index is 0.0122.